The van der Waals surface area contributed by atoms with E-state index in [0.717, 1.165) is 6.07 Å². The van der Waals surface area contributed by atoms with E-state index in [-0.39, 0.29) is 46.4 Å². The first-order valence-corrected chi connectivity index (χ1v) is 12.0. The Morgan fingerprint density at radius 1 is 1.13 bits per heavy atom. The normalized spacial score (nSPS) is 20.4. The molecule has 0 aliphatic carbocycles. The number of halogens is 4. The summed E-state index contributed by atoms with van der Waals surface area (Å²) in [6.45, 7) is -0.748. The second-order valence-corrected chi connectivity index (χ2v) is 9.32. The van der Waals surface area contributed by atoms with E-state index in [4.69, 9.17) is 13.9 Å². The summed E-state index contributed by atoms with van der Waals surface area (Å²) in [6.07, 6.45) is -3.68. The molecule has 3 aromatic rings. The largest absolute Gasteiger partial charge is 0.490 e. The number of H-pyrrole nitrogens is 1. The minimum atomic E-state index is -4.73. The van der Waals surface area contributed by atoms with E-state index >= 15 is 4.39 Å². The van der Waals surface area contributed by atoms with Gasteiger partial charge in [-0.25, -0.2) is 9.18 Å². The van der Waals surface area contributed by atoms with Crippen molar-refractivity contribution in [3.63, 3.8) is 0 Å². The SMILES string of the molecule is O=C1C2=C(C(c3cccc4[nH]c(=O)oc34)=NC2)C(c2cc(OC3CCOCC3)ccc2F)N1CC(F)(F)F. The van der Waals surface area contributed by atoms with E-state index in [1.807, 2.05) is 0 Å². The molecule has 38 heavy (non-hydrogen) atoms. The summed E-state index contributed by atoms with van der Waals surface area (Å²) in [6, 6.07) is 7.26. The zero-order valence-electron chi connectivity index (χ0n) is 19.8. The highest BCUT2D eigenvalue weighted by Gasteiger charge is 2.49. The molecule has 0 spiro atoms. The number of alkyl halides is 3. The maximum absolute atomic E-state index is 15.4. The van der Waals surface area contributed by atoms with E-state index < -0.39 is 36.2 Å². The number of carbonyl (C=O) groups is 1. The van der Waals surface area contributed by atoms with Crippen molar-refractivity contribution in [2.75, 3.05) is 26.3 Å². The Morgan fingerprint density at radius 3 is 2.68 bits per heavy atom. The number of aliphatic imine (C=N–C) groups is 1. The molecule has 1 amide bonds. The Kier molecular flexibility index (Phi) is 5.86. The molecule has 0 saturated carbocycles. The molecule has 3 aliphatic rings. The van der Waals surface area contributed by atoms with Crippen molar-refractivity contribution >= 4 is 22.7 Å². The van der Waals surface area contributed by atoms with Gasteiger partial charge in [0.05, 0.1) is 37.0 Å². The van der Waals surface area contributed by atoms with E-state index in [9.17, 15) is 22.8 Å². The number of amides is 1. The predicted molar refractivity (Wildman–Crippen MR) is 127 cm³/mol. The van der Waals surface area contributed by atoms with Gasteiger partial charge >= 0.3 is 11.9 Å². The third-order valence-electron chi connectivity index (χ3n) is 6.86. The van der Waals surface area contributed by atoms with Crippen molar-refractivity contribution in [1.29, 1.82) is 0 Å². The van der Waals surface area contributed by atoms with Crippen LogP contribution >= 0.6 is 0 Å². The fraction of sp³-hybridized carbons (Fsp3) is 0.346. The lowest BCUT2D eigenvalue weighted by atomic mass is 9.91. The minimum Gasteiger partial charge on any atom is -0.490 e. The number of aromatic amines is 1. The summed E-state index contributed by atoms with van der Waals surface area (Å²) in [5.74, 6) is -2.11. The van der Waals surface area contributed by atoms with Gasteiger partial charge in [-0.1, -0.05) is 6.07 Å². The van der Waals surface area contributed by atoms with Crippen molar-refractivity contribution in [2.45, 2.75) is 31.2 Å². The Labute approximate surface area is 212 Å². The minimum absolute atomic E-state index is 0.0410. The highest BCUT2D eigenvalue weighted by atomic mass is 19.4. The number of fused-ring (bicyclic) bond motifs is 1. The quantitative estimate of drug-likeness (QED) is 0.501. The Balaban J connectivity index is 1.46. The fourth-order valence-corrected chi connectivity index (χ4v) is 5.26. The number of aromatic nitrogens is 1. The van der Waals surface area contributed by atoms with Crippen molar-refractivity contribution in [2.24, 2.45) is 4.99 Å². The summed E-state index contributed by atoms with van der Waals surface area (Å²) in [5.41, 5.74) is 1.03. The molecule has 0 radical (unpaired) electrons. The highest BCUT2D eigenvalue weighted by molar-refractivity contribution is 6.25. The zero-order valence-corrected chi connectivity index (χ0v) is 19.8. The summed E-state index contributed by atoms with van der Waals surface area (Å²) in [7, 11) is 0. The van der Waals surface area contributed by atoms with Crippen molar-refractivity contribution in [1.82, 2.24) is 9.88 Å². The Bertz CT molecular complexity index is 1550. The van der Waals surface area contributed by atoms with Crippen LogP contribution in [0.5, 0.6) is 5.75 Å². The number of nitrogens with one attached hydrogen (secondary N) is 1. The Morgan fingerprint density at radius 2 is 1.92 bits per heavy atom. The first-order chi connectivity index (χ1) is 18.2. The first-order valence-electron chi connectivity index (χ1n) is 12.0. The van der Waals surface area contributed by atoms with Crippen LogP contribution in [0.15, 0.2) is 61.7 Å². The number of oxazole rings is 1. The van der Waals surface area contributed by atoms with E-state index in [2.05, 4.69) is 9.98 Å². The topological polar surface area (TPSA) is 97.1 Å². The standard InChI is InChI=1S/C26H21F4N3O5/c27-18-5-4-14(37-13-6-8-36-9-7-13)10-16(18)22-20-17(24(34)33(22)12-26(28,29)30)11-31-21(20)15-2-1-3-19-23(15)38-25(35)32-19/h1-5,10,13,22H,6-9,11-12H2,(H,32,35). The van der Waals surface area contributed by atoms with Crippen molar-refractivity contribution in [3.8, 4) is 5.75 Å². The van der Waals surface area contributed by atoms with Crippen LogP contribution in [0.3, 0.4) is 0 Å². The highest BCUT2D eigenvalue weighted by Crippen LogP contribution is 2.46. The van der Waals surface area contributed by atoms with Crippen LogP contribution < -0.4 is 10.5 Å². The number of para-hydroxylation sites is 1. The van der Waals surface area contributed by atoms with E-state index in [1.54, 1.807) is 18.2 Å². The molecule has 6 rings (SSSR count). The average molecular weight is 531 g/mol. The predicted octanol–water partition coefficient (Wildman–Crippen LogP) is 4.06. The molecule has 1 N–H and O–H groups in total. The van der Waals surface area contributed by atoms with Crippen LogP contribution in [-0.2, 0) is 9.53 Å². The third kappa shape index (κ3) is 4.28. The van der Waals surface area contributed by atoms with Gasteiger partial charge in [-0.15, -0.1) is 0 Å². The van der Waals surface area contributed by atoms with Gasteiger partial charge < -0.3 is 18.8 Å². The lowest BCUT2D eigenvalue weighted by Gasteiger charge is -2.30. The Hall–Kier alpha value is -3.93. The van der Waals surface area contributed by atoms with Crippen LogP contribution in [0.1, 0.15) is 30.0 Å². The van der Waals surface area contributed by atoms with E-state index in [0.29, 0.717) is 42.0 Å². The van der Waals surface area contributed by atoms with Crippen molar-refractivity contribution in [3.05, 3.63) is 75.0 Å². The summed E-state index contributed by atoms with van der Waals surface area (Å²) in [4.78, 5) is 32.7. The molecule has 3 aliphatic heterocycles. The molecule has 1 aromatic heterocycles. The molecule has 1 atom stereocenters. The molecule has 1 saturated heterocycles. The molecule has 0 bridgehead atoms. The number of hydrogen-bond acceptors (Lipinski definition) is 6. The summed E-state index contributed by atoms with van der Waals surface area (Å²) in [5, 5.41) is 0. The van der Waals surface area contributed by atoms with Gasteiger partial charge in [0.1, 0.15) is 24.2 Å². The van der Waals surface area contributed by atoms with E-state index in [1.165, 1.54) is 12.1 Å². The fourth-order valence-electron chi connectivity index (χ4n) is 5.26. The molecule has 1 fully saturated rings. The van der Waals surface area contributed by atoms with Crippen LogP contribution in [0, 0.1) is 5.82 Å². The second kappa shape index (κ2) is 9.12. The van der Waals surface area contributed by atoms with Gasteiger partial charge in [-0.3, -0.25) is 14.8 Å². The number of nitrogens with zero attached hydrogens (tertiary/aromatic N) is 2. The molecular formula is C26H21F4N3O5. The van der Waals surface area contributed by atoms with Gasteiger partial charge in [0.25, 0.3) is 5.91 Å². The van der Waals surface area contributed by atoms with Crippen LogP contribution in [0.25, 0.3) is 11.1 Å². The summed E-state index contributed by atoms with van der Waals surface area (Å²) < 4.78 is 72.8. The molecular weight excluding hydrogens is 510 g/mol. The summed E-state index contributed by atoms with van der Waals surface area (Å²) >= 11 is 0. The van der Waals surface area contributed by atoms with Crippen LogP contribution in [0.2, 0.25) is 0 Å². The average Bonchev–Trinajstić information content (AvgIpc) is 3.54. The smallest absolute Gasteiger partial charge is 0.417 e. The molecule has 198 valence electrons. The third-order valence-corrected chi connectivity index (χ3v) is 6.86. The molecule has 8 nitrogen and oxygen atoms in total. The van der Waals surface area contributed by atoms with Gasteiger partial charge in [-0.05, 0) is 30.3 Å². The van der Waals surface area contributed by atoms with Crippen LogP contribution in [0.4, 0.5) is 17.6 Å². The molecule has 12 heteroatoms. The lowest BCUT2D eigenvalue weighted by molar-refractivity contribution is -0.160. The van der Waals surface area contributed by atoms with Crippen LogP contribution in [-0.4, -0.2) is 60.1 Å². The van der Waals surface area contributed by atoms with Gasteiger partial charge in [0.2, 0.25) is 0 Å². The lowest BCUT2D eigenvalue weighted by Crippen LogP contribution is -2.39. The maximum atomic E-state index is 15.4. The zero-order chi connectivity index (χ0) is 26.6. The van der Waals surface area contributed by atoms with Gasteiger partial charge in [0, 0.05) is 35.1 Å². The molecule has 2 aromatic carbocycles. The monoisotopic (exact) mass is 531 g/mol. The second-order valence-electron chi connectivity index (χ2n) is 9.32. The first kappa shape index (κ1) is 24.4. The van der Waals surface area contributed by atoms with Crippen molar-refractivity contribution < 1.29 is 36.2 Å². The number of rotatable bonds is 5. The molecule has 4 heterocycles. The maximum Gasteiger partial charge on any atom is 0.417 e. The number of carbonyl (C=O) groups excluding carboxylic acids is 1. The van der Waals surface area contributed by atoms with Gasteiger partial charge in [-0.2, -0.15) is 13.2 Å². The number of benzene rings is 2. The number of hydrogen-bond donors (Lipinski definition) is 1. The van der Waals surface area contributed by atoms with Gasteiger partial charge in [0.15, 0.2) is 5.58 Å². The number of ether oxygens (including phenoxy) is 2. The molecule has 1 unspecified atom stereocenters.